The van der Waals surface area contributed by atoms with E-state index in [0.717, 1.165) is 10.8 Å². The van der Waals surface area contributed by atoms with Crippen molar-refractivity contribution in [2.24, 2.45) is 0 Å². The average molecular weight is 188 g/mol. The second kappa shape index (κ2) is 3.43. The van der Waals surface area contributed by atoms with Crippen LogP contribution in [-0.2, 0) is 0 Å². The van der Waals surface area contributed by atoms with E-state index in [0.29, 0.717) is 0 Å². The van der Waals surface area contributed by atoms with E-state index in [1.54, 1.807) is 11.5 Å². The van der Waals surface area contributed by atoms with Crippen LogP contribution < -0.4 is 5.48 Å². The minimum absolute atomic E-state index is 0.227. The molecule has 0 fully saturated rings. The molecule has 0 radical (unpaired) electrons. The Morgan fingerprint density at radius 2 is 2.07 bits per heavy atom. The van der Waals surface area contributed by atoms with Gasteiger partial charge in [-0.2, -0.15) is 0 Å². The second-order valence-corrected chi connectivity index (χ2v) is 2.82. The molecule has 2 N–H and O–H groups in total. The van der Waals surface area contributed by atoms with Gasteiger partial charge in [0.25, 0.3) is 5.91 Å². The summed E-state index contributed by atoms with van der Waals surface area (Å²) in [5, 5.41) is 10.1. The van der Waals surface area contributed by atoms with Gasteiger partial charge in [-0.1, -0.05) is 24.3 Å². The van der Waals surface area contributed by atoms with Crippen LogP contribution in [0.3, 0.4) is 0 Å². The average Bonchev–Trinajstić information content (AvgIpc) is 2.27. The summed E-state index contributed by atoms with van der Waals surface area (Å²) in [6.45, 7) is 0. The van der Waals surface area contributed by atoms with Crippen LogP contribution in [0.2, 0.25) is 0 Å². The molecule has 0 aliphatic rings. The number of fused-ring (bicyclic) bond motifs is 1. The van der Waals surface area contributed by atoms with Gasteiger partial charge in [-0.05, 0) is 11.5 Å². The van der Waals surface area contributed by atoms with Crippen LogP contribution in [-0.4, -0.2) is 16.1 Å². The van der Waals surface area contributed by atoms with Crippen molar-refractivity contribution >= 4 is 16.7 Å². The number of carbonyl (C=O) groups excluding carboxylic acids is 1. The largest absolute Gasteiger partial charge is 0.293 e. The zero-order valence-corrected chi connectivity index (χ0v) is 7.27. The summed E-state index contributed by atoms with van der Waals surface area (Å²) in [6.07, 6.45) is 1.53. The summed E-state index contributed by atoms with van der Waals surface area (Å²) >= 11 is 0. The number of aromatic nitrogens is 1. The highest BCUT2D eigenvalue weighted by atomic mass is 16.5. The zero-order chi connectivity index (χ0) is 9.97. The van der Waals surface area contributed by atoms with E-state index in [2.05, 4.69) is 4.98 Å². The molecule has 4 heteroatoms. The van der Waals surface area contributed by atoms with Crippen LogP contribution in [0.15, 0.2) is 36.5 Å². The van der Waals surface area contributed by atoms with Crippen molar-refractivity contribution in [3.05, 3.63) is 42.2 Å². The molecular weight excluding hydrogens is 180 g/mol. The summed E-state index contributed by atoms with van der Waals surface area (Å²) < 4.78 is 0. The van der Waals surface area contributed by atoms with Crippen molar-refractivity contribution in [3.63, 3.8) is 0 Å². The summed E-state index contributed by atoms with van der Waals surface area (Å²) in [7, 11) is 0. The van der Waals surface area contributed by atoms with Gasteiger partial charge in [0.1, 0.15) is 5.69 Å². The van der Waals surface area contributed by atoms with E-state index in [1.807, 2.05) is 24.3 Å². The summed E-state index contributed by atoms with van der Waals surface area (Å²) in [5.41, 5.74) is 1.80. The maximum atomic E-state index is 11.2. The maximum absolute atomic E-state index is 11.2. The lowest BCUT2D eigenvalue weighted by Gasteiger charge is -2.02. The lowest BCUT2D eigenvalue weighted by Crippen LogP contribution is -2.20. The first-order valence-corrected chi connectivity index (χ1v) is 4.11. The Balaban J connectivity index is 2.71. The predicted octanol–water partition coefficient (Wildman–Crippen LogP) is 1.35. The monoisotopic (exact) mass is 188 g/mol. The van der Waals surface area contributed by atoms with E-state index in [4.69, 9.17) is 5.21 Å². The fraction of sp³-hybridized carbons (Fsp3) is 0. The minimum Gasteiger partial charge on any atom is -0.288 e. The van der Waals surface area contributed by atoms with Crippen molar-refractivity contribution in [1.29, 1.82) is 0 Å². The molecule has 1 amide bonds. The molecule has 0 saturated carbocycles. The number of hydrogen-bond donors (Lipinski definition) is 2. The van der Waals surface area contributed by atoms with Gasteiger partial charge >= 0.3 is 0 Å². The van der Waals surface area contributed by atoms with Gasteiger partial charge in [0.2, 0.25) is 0 Å². The highest BCUT2D eigenvalue weighted by Crippen LogP contribution is 2.15. The third-order valence-corrected chi connectivity index (χ3v) is 1.99. The number of nitrogens with one attached hydrogen (secondary N) is 1. The van der Waals surface area contributed by atoms with Gasteiger partial charge in [0.05, 0.1) is 0 Å². The van der Waals surface area contributed by atoms with Crippen LogP contribution >= 0.6 is 0 Å². The van der Waals surface area contributed by atoms with Crippen LogP contribution in [0.1, 0.15) is 10.5 Å². The number of hydrogen-bond acceptors (Lipinski definition) is 3. The molecule has 0 aliphatic heterocycles. The Morgan fingerprint density at radius 1 is 1.29 bits per heavy atom. The Kier molecular flexibility index (Phi) is 2.12. The lowest BCUT2D eigenvalue weighted by molar-refractivity contribution is 0.0703. The molecule has 1 aromatic carbocycles. The third kappa shape index (κ3) is 1.31. The molecule has 2 aromatic rings. The number of benzene rings is 1. The van der Waals surface area contributed by atoms with Crippen LogP contribution in [0, 0.1) is 0 Å². The normalized spacial score (nSPS) is 10.1. The van der Waals surface area contributed by atoms with Gasteiger partial charge in [0.15, 0.2) is 0 Å². The minimum atomic E-state index is -0.596. The van der Waals surface area contributed by atoms with Crippen LogP contribution in [0.5, 0.6) is 0 Å². The molecule has 70 valence electrons. The van der Waals surface area contributed by atoms with Gasteiger partial charge in [-0.3, -0.25) is 15.0 Å². The molecule has 0 saturated heterocycles. The first-order chi connectivity index (χ1) is 6.83. The molecule has 1 aromatic heterocycles. The molecule has 0 aliphatic carbocycles. The molecule has 4 nitrogen and oxygen atoms in total. The molecular formula is C10H8N2O2. The highest BCUT2D eigenvalue weighted by Gasteiger charge is 2.09. The first-order valence-electron chi connectivity index (χ1n) is 4.11. The standard InChI is InChI=1S/C10H8N2O2/c13-10(12-14)9-8-4-2-1-3-7(8)5-6-11-9/h1-6,14H,(H,12,13). The number of rotatable bonds is 1. The number of amides is 1. The molecule has 0 atom stereocenters. The number of nitrogens with zero attached hydrogens (tertiary/aromatic N) is 1. The van der Waals surface area contributed by atoms with E-state index in [-0.39, 0.29) is 5.69 Å². The SMILES string of the molecule is O=C(NO)c1nccc2ccccc12. The summed E-state index contributed by atoms with van der Waals surface area (Å²) in [6, 6.07) is 9.17. The topological polar surface area (TPSA) is 62.2 Å². The molecule has 0 spiro atoms. The molecule has 1 heterocycles. The summed E-state index contributed by atoms with van der Waals surface area (Å²) in [4.78, 5) is 15.1. The van der Waals surface area contributed by atoms with Crippen LogP contribution in [0.4, 0.5) is 0 Å². The number of hydroxylamine groups is 1. The number of carbonyl (C=O) groups is 1. The Labute approximate surface area is 80.2 Å². The third-order valence-electron chi connectivity index (χ3n) is 1.99. The first kappa shape index (κ1) is 8.65. The quantitative estimate of drug-likeness (QED) is 0.524. The van der Waals surface area contributed by atoms with Crippen LogP contribution in [0.25, 0.3) is 10.8 Å². The lowest BCUT2D eigenvalue weighted by atomic mass is 10.1. The fourth-order valence-corrected chi connectivity index (χ4v) is 1.35. The fourth-order valence-electron chi connectivity index (χ4n) is 1.35. The van der Waals surface area contributed by atoms with Gasteiger partial charge in [0, 0.05) is 11.6 Å². The van der Waals surface area contributed by atoms with Crippen molar-refractivity contribution < 1.29 is 10.0 Å². The Bertz CT molecular complexity index is 477. The zero-order valence-electron chi connectivity index (χ0n) is 7.27. The van der Waals surface area contributed by atoms with Gasteiger partial charge < -0.3 is 0 Å². The number of pyridine rings is 1. The van der Waals surface area contributed by atoms with E-state index >= 15 is 0 Å². The molecule has 0 unspecified atom stereocenters. The van der Waals surface area contributed by atoms with Crippen molar-refractivity contribution in [1.82, 2.24) is 10.5 Å². The molecule has 14 heavy (non-hydrogen) atoms. The van der Waals surface area contributed by atoms with E-state index in [9.17, 15) is 4.79 Å². The summed E-state index contributed by atoms with van der Waals surface area (Å²) in [5.74, 6) is -0.596. The maximum Gasteiger partial charge on any atom is 0.293 e. The Hall–Kier alpha value is -1.94. The van der Waals surface area contributed by atoms with Gasteiger partial charge in [-0.15, -0.1) is 0 Å². The van der Waals surface area contributed by atoms with E-state index < -0.39 is 5.91 Å². The molecule has 0 bridgehead atoms. The predicted molar refractivity (Wildman–Crippen MR) is 51.0 cm³/mol. The van der Waals surface area contributed by atoms with E-state index in [1.165, 1.54) is 6.20 Å². The van der Waals surface area contributed by atoms with Crippen molar-refractivity contribution in [2.45, 2.75) is 0 Å². The highest BCUT2D eigenvalue weighted by molar-refractivity contribution is 6.04. The van der Waals surface area contributed by atoms with Crippen molar-refractivity contribution in [3.8, 4) is 0 Å². The second-order valence-electron chi connectivity index (χ2n) is 2.82. The van der Waals surface area contributed by atoms with Gasteiger partial charge in [-0.25, -0.2) is 5.48 Å². The molecule has 2 rings (SSSR count). The van der Waals surface area contributed by atoms with Crippen molar-refractivity contribution in [2.75, 3.05) is 0 Å². The smallest absolute Gasteiger partial charge is 0.288 e. The Morgan fingerprint density at radius 3 is 2.86 bits per heavy atom.